The van der Waals surface area contributed by atoms with Crippen molar-refractivity contribution in [2.24, 2.45) is 0 Å². The van der Waals surface area contributed by atoms with E-state index in [1.807, 2.05) is 0 Å². The van der Waals surface area contributed by atoms with E-state index in [2.05, 4.69) is 20.3 Å². The molecule has 17 heavy (non-hydrogen) atoms. The van der Waals surface area contributed by atoms with Gasteiger partial charge in [-0.15, -0.1) is 0 Å². The van der Waals surface area contributed by atoms with Crippen molar-refractivity contribution >= 4 is 16.9 Å². The number of halogens is 3. The number of rotatable bonds is 1. The van der Waals surface area contributed by atoms with E-state index < -0.39 is 17.6 Å². The van der Waals surface area contributed by atoms with Gasteiger partial charge in [-0.2, -0.15) is 18.2 Å². The zero-order valence-electron chi connectivity index (χ0n) is 8.59. The third-order valence-corrected chi connectivity index (χ3v) is 2.12. The monoisotopic (exact) mass is 244 g/mol. The molecule has 2 heterocycles. The normalized spacial score (nSPS) is 11.8. The summed E-state index contributed by atoms with van der Waals surface area (Å²) in [6, 6.07) is 2.04. The number of fused-ring (bicyclic) bond motifs is 1. The summed E-state index contributed by atoms with van der Waals surface area (Å²) in [7, 11) is 1.51. The van der Waals surface area contributed by atoms with E-state index in [9.17, 15) is 18.0 Å². The molecule has 2 aromatic rings. The molecular weight excluding hydrogens is 237 g/mol. The zero-order chi connectivity index (χ0) is 12.6. The van der Waals surface area contributed by atoms with Crippen molar-refractivity contribution in [1.29, 1.82) is 0 Å². The Labute approximate surface area is 92.7 Å². The number of H-pyrrole nitrogens is 1. The lowest BCUT2D eigenvalue weighted by Crippen LogP contribution is -2.15. The minimum absolute atomic E-state index is 0.149. The Bertz CT molecular complexity index is 620. The molecule has 0 atom stereocenters. The molecule has 0 aliphatic heterocycles. The van der Waals surface area contributed by atoms with Crippen molar-refractivity contribution in [3.05, 3.63) is 28.3 Å². The third-order valence-electron chi connectivity index (χ3n) is 2.12. The van der Waals surface area contributed by atoms with Crippen LogP contribution >= 0.6 is 0 Å². The molecule has 0 spiro atoms. The van der Waals surface area contributed by atoms with Crippen LogP contribution in [0.25, 0.3) is 11.0 Å². The van der Waals surface area contributed by atoms with Crippen LogP contribution in [0.5, 0.6) is 0 Å². The van der Waals surface area contributed by atoms with Crippen LogP contribution in [0, 0.1) is 0 Å². The fourth-order valence-electron chi connectivity index (χ4n) is 1.38. The van der Waals surface area contributed by atoms with Crippen molar-refractivity contribution in [3.63, 3.8) is 0 Å². The number of anilines is 1. The average molecular weight is 244 g/mol. The highest BCUT2D eigenvalue weighted by atomic mass is 19.4. The number of hydrogen-bond acceptors (Lipinski definition) is 4. The molecule has 5 nitrogen and oxygen atoms in total. The molecule has 2 rings (SSSR count). The lowest BCUT2D eigenvalue weighted by molar-refractivity contribution is -0.141. The Balaban J connectivity index is 2.74. The molecule has 8 heteroatoms. The summed E-state index contributed by atoms with van der Waals surface area (Å²) >= 11 is 0. The number of nitrogens with zero attached hydrogens (tertiary/aromatic N) is 2. The molecule has 2 aromatic heterocycles. The fourth-order valence-corrected chi connectivity index (χ4v) is 1.38. The van der Waals surface area contributed by atoms with E-state index >= 15 is 0 Å². The summed E-state index contributed by atoms with van der Waals surface area (Å²) in [6.45, 7) is 0. The summed E-state index contributed by atoms with van der Waals surface area (Å²) in [5.74, 6) is 0.185. The molecule has 0 saturated carbocycles. The van der Waals surface area contributed by atoms with Gasteiger partial charge in [0.15, 0.2) is 0 Å². The summed E-state index contributed by atoms with van der Waals surface area (Å²) in [5.41, 5.74) is -1.97. The van der Waals surface area contributed by atoms with Crippen molar-refractivity contribution in [2.45, 2.75) is 6.18 Å². The van der Waals surface area contributed by atoms with Crippen LogP contribution in [0.1, 0.15) is 5.69 Å². The van der Waals surface area contributed by atoms with Crippen molar-refractivity contribution in [2.75, 3.05) is 12.4 Å². The van der Waals surface area contributed by atoms with Gasteiger partial charge in [0.1, 0.15) is 17.2 Å². The molecule has 0 amide bonds. The van der Waals surface area contributed by atoms with Gasteiger partial charge in [-0.25, -0.2) is 9.78 Å². The smallest absolute Gasteiger partial charge is 0.372 e. The zero-order valence-corrected chi connectivity index (χ0v) is 8.59. The molecular formula is C9H7F3N4O. The summed E-state index contributed by atoms with van der Waals surface area (Å²) in [6.07, 6.45) is -4.55. The Morgan fingerprint density at radius 3 is 2.59 bits per heavy atom. The topological polar surface area (TPSA) is 70.7 Å². The van der Waals surface area contributed by atoms with Gasteiger partial charge in [0.2, 0.25) is 0 Å². The van der Waals surface area contributed by atoms with Crippen molar-refractivity contribution < 1.29 is 13.2 Å². The summed E-state index contributed by atoms with van der Waals surface area (Å²) in [4.78, 5) is 20.2. The van der Waals surface area contributed by atoms with Crippen LogP contribution in [0.4, 0.5) is 19.0 Å². The number of hydrogen-bond donors (Lipinski definition) is 2. The Hall–Kier alpha value is -2.12. The molecule has 0 aliphatic carbocycles. The van der Waals surface area contributed by atoms with Gasteiger partial charge in [-0.3, -0.25) is 4.98 Å². The van der Waals surface area contributed by atoms with Crippen LogP contribution in [0.2, 0.25) is 0 Å². The van der Waals surface area contributed by atoms with E-state index in [1.165, 1.54) is 13.1 Å². The van der Waals surface area contributed by atoms with Gasteiger partial charge in [0.05, 0.1) is 5.39 Å². The molecule has 2 N–H and O–H groups in total. The van der Waals surface area contributed by atoms with Gasteiger partial charge in [-0.1, -0.05) is 0 Å². The standard InChI is InChI=1S/C9H7F3N4O/c1-13-6-4-2-3-5(9(10,11)12)14-7(4)16-8(17)15-6/h2-3H,1H3,(H2,13,14,15,16,17). The van der Waals surface area contributed by atoms with Crippen LogP contribution in [-0.4, -0.2) is 22.0 Å². The quantitative estimate of drug-likeness (QED) is 0.795. The lowest BCUT2D eigenvalue weighted by Gasteiger charge is -2.08. The third kappa shape index (κ3) is 2.05. The van der Waals surface area contributed by atoms with Crippen LogP contribution < -0.4 is 11.0 Å². The number of aromatic nitrogens is 3. The SMILES string of the molecule is CNc1nc(=O)[nH]c2nc(C(F)(F)F)ccc12. The van der Waals surface area contributed by atoms with Crippen molar-refractivity contribution in [1.82, 2.24) is 15.0 Å². The average Bonchev–Trinajstić information content (AvgIpc) is 2.25. The maximum atomic E-state index is 12.4. The Morgan fingerprint density at radius 2 is 2.00 bits per heavy atom. The first kappa shape index (κ1) is 11.4. The van der Waals surface area contributed by atoms with Crippen LogP contribution in [0.15, 0.2) is 16.9 Å². The summed E-state index contributed by atoms with van der Waals surface area (Å²) in [5, 5.41) is 2.94. The fraction of sp³-hybridized carbons (Fsp3) is 0.222. The molecule has 0 radical (unpaired) electrons. The highest BCUT2D eigenvalue weighted by molar-refractivity contribution is 5.86. The van der Waals surface area contributed by atoms with E-state index in [1.54, 1.807) is 0 Å². The highest BCUT2D eigenvalue weighted by Gasteiger charge is 2.32. The predicted octanol–water partition coefficient (Wildman–Crippen LogP) is 1.38. The van der Waals surface area contributed by atoms with Gasteiger partial charge < -0.3 is 5.32 Å². The van der Waals surface area contributed by atoms with Gasteiger partial charge in [0.25, 0.3) is 0 Å². The predicted molar refractivity (Wildman–Crippen MR) is 54.7 cm³/mol. The number of alkyl halides is 3. The molecule has 0 saturated heterocycles. The minimum Gasteiger partial charge on any atom is -0.372 e. The second kappa shape index (κ2) is 3.72. The summed E-state index contributed by atoms with van der Waals surface area (Å²) < 4.78 is 37.2. The number of aromatic amines is 1. The number of pyridine rings is 1. The molecule has 0 aromatic carbocycles. The first-order valence-electron chi connectivity index (χ1n) is 4.58. The van der Waals surface area contributed by atoms with Crippen molar-refractivity contribution in [3.8, 4) is 0 Å². The van der Waals surface area contributed by atoms with Crippen LogP contribution in [0.3, 0.4) is 0 Å². The van der Waals surface area contributed by atoms with E-state index in [0.717, 1.165) is 6.07 Å². The first-order valence-corrected chi connectivity index (χ1v) is 4.58. The largest absolute Gasteiger partial charge is 0.433 e. The lowest BCUT2D eigenvalue weighted by atomic mass is 10.2. The maximum Gasteiger partial charge on any atom is 0.433 e. The van der Waals surface area contributed by atoms with Gasteiger partial charge in [0, 0.05) is 7.05 Å². The van der Waals surface area contributed by atoms with E-state index in [0.29, 0.717) is 5.39 Å². The maximum absolute atomic E-state index is 12.4. The second-order valence-electron chi connectivity index (χ2n) is 3.23. The highest BCUT2D eigenvalue weighted by Crippen LogP contribution is 2.29. The Morgan fingerprint density at radius 1 is 1.29 bits per heavy atom. The molecule has 90 valence electrons. The van der Waals surface area contributed by atoms with E-state index in [4.69, 9.17) is 0 Å². The molecule has 0 aliphatic rings. The van der Waals surface area contributed by atoms with Gasteiger partial charge in [-0.05, 0) is 12.1 Å². The molecule has 0 unspecified atom stereocenters. The second-order valence-corrected chi connectivity index (χ2v) is 3.23. The Kier molecular flexibility index (Phi) is 2.49. The molecule has 0 fully saturated rings. The van der Waals surface area contributed by atoms with Gasteiger partial charge >= 0.3 is 11.9 Å². The molecule has 0 bridgehead atoms. The van der Waals surface area contributed by atoms with Crippen LogP contribution in [-0.2, 0) is 6.18 Å². The van der Waals surface area contributed by atoms with E-state index in [-0.39, 0.29) is 11.5 Å². The first-order chi connectivity index (χ1) is 7.91. The minimum atomic E-state index is -4.55. The number of nitrogens with one attached hydrogen (secondary N) is 2.